The summed E-state index contributed by atoms with van der Waals surface area (Å²) in [5, 5.41) is 0. The number of amides is 1. The molecule has 0 aliphatic carbocycles. The Morgan fingerprint density at radius 1 is 1.09 bits per heavy atom. The van der Waals surface area contributed by atoms with Crippen molar-refractivity contribution < 1.29 is 27.5 Å². The van der Waals surface area contributed by atoms with Gasteiger partial charge in [-0.2, -0.15) is 9.30 Å². The van der Waals surface area contributed by atoms with Crippen molar-refractivity contribution in [3.63, 3.8) is 0 Å². The molecule has 0 saturated carbocycles. The van der Waals surface area contributed by atoms with E-state index >= 15 is 0 Å². The molecule has 1 aliphatic rings. The van der Waals surface area contributed by atoms with Crippen molar-refractivity contribution in [3.8, 4) is 0 Å². The summed E-state index contributed by atoms with van der Waals surface area (Å²) in [5.74, 6) is -0.988. The van der Waals surface area contributed by atoms with Crippen LogP contribution in [0.3, 0.4) is 0 Å². The molecule has 1 fully saturated rings. The highest BCUT2D eigenvalue weighted by Crippen LogP contribution is 2.22. The molecule has 11 heteroatoms. The molecule has 1 aliphatic heterocycles. The van der Waals surface area contributed by atoms with Crippen LogP contribution in [-0.4, -0.2) is 62.6 Å². The van der Waals surface area contributed by atoms with Crippen LogP contribution in [0.1, 0.15) is 21.5 Å². The predicted octanol–water partition coefficient (Wildman–Crippen LogP) is 2.25. The van der Waals surface area contributed by atoms with E-state index in [9.17, 15) is 18.0 Å². The smallest absolute Gasteiger partial charge is 0.325 e. The summed E-state index contributed by atoms with van der Waals surface area (Å²) in [6, 6.07) is 9.68. The van der Waals surface area contributed by atoms with Crippen LogP contribution >= 0.6 is 11.3 Å². The number of nitrogens with zero attached hydrogens (tertiary/aromatic N) is 3. The summed E-state index contributed by atoms with van der Waals surface area (Å²) in [6.45, 7) is 5.19. The molecule has 9 nitrogen and oxygen atoms in total. The normalized spacial score (nSPS) is 15.6. The zero-order chi connectivity index (χ0) is 24.5. The molecule has 2 heterocycles. The van der Waals surface area contributed by atoms with Gasteiger partial charge in [0.05, 0.1) is 35.4 Å². The fourth-order valence-corrected chi connectivity index (χ4v) is 6.13. The standard InChI is InChI=1S/C23H25N3O6S2/c1-15-12-19-20(13-16(15)2)33-23(26(19)14-21(27)31-3)24-22(28)17-4-6-18(7-5-17)34(29,30)25-8-10-32-11-9-25/h4-7,12-13H,8-11,14H2,1-3H3. The minimum Gasteiger partial charge on any atom is -0.468 e. The molecular formula is C23H25N3O6S2. The van der Waals surface area contributed by atoms with Gasteiger partial charge in [-0.25, -0.2) is 8.42 Å². The first kappa shape index (κ1) is 24.3. The second kappa shape index (κ2) is 9.79. The average Bonchev–Trinajstić information content (AvgIpc) is 3.15. The third-order valence-electron chi connectivity index (χ3n) is 5.72. The van der Waals surface area contributed by atoms with Crippen molar-refractivity contribution in [1.29, 1.82) is 0 Å². The van der Waals surface area contributed by atoms with E-state index in [-0.39, 0.29) is 17.0 Å². The number of sulfonamides is 1. The lowest BCUT2D eigenvalue weighted by molar-refractivity contribution is -0.141. The topological polar surface area (TPSA) is 107 Å². The first-order chi connectivity index (χ1) is 16.2. The number of esters is 1. The van der Waals surface area contributed by atoms with Crippen LogP contribution in [0, 0.1) is 13.8 Å². The summed E-state index contributed by atoms with van der Waals surface area (Å²) in [5.41, 5.74) is 3.18. The van der Waals surface area contributed by atoms with E-state index in [1.807, 2.05) is 26.0 Å². The predicted molar refractivity (Wildman–Crippen MR) is 127 cm³/mol. The van der Waals surface area contributed by atoms with Gasteiger partial charge in [-0.1, -0.05) is 11.3 Å². The average molecular weight is 504 g/mol. The summed E-state index contributed by atoms with van der Waals surface area (Å²) in [6.07, 6.45) is 0. The van der Waals surface area contributed by atoms with Gasteiger partial charge < -0.3 is 14.0 Å². The fraction of sp³-hybridized carbons (Fsp3) is 0.348. The number of thiazole rings is 1. The van der Waals surface area contributed by atoms with Crippen LogP contribution in [0.2, 0.25) is 0 Å². The van der Waals surface area contributed by atoms with E-state index in [0.717, 1.165) is 21.3 Å². The molecule has 0 spiro atoms. The maximum Gasteiger partial charge on any atom is 0.325 e. The van der Waals surface area contributed by atoms with Crippen LogP contribution in [0.5, 0.6) is 0 Å². The Kier molecular flexibility index (Phi) is 6.99. The molecular weight excluding hydrogens is 478 g/mol. The van der Waals surface area contributed by atoms with Crippen LogP contribution in [0.4, 0.5) is 0 Å². The van der Waals surface area contributed by atoms with E-state index in [1.165, 1.54) is 47.0 Å². The molecule has 0 radical (unpaired) electrons. The molecule has 0 unspecified atom stereocenters. The number of carbonyl (C=O) groups is 2. The minimum atomic E-state index is -3.65. The first-order valence-electron chi connectivity index (χ1n) is 10.6. The molecule has 1 amide bonds. The van der Waals surface area contributed by atoms with Crippen LogP contribution in [-0.2, 0) is 30.8 Å². The van der Waals surface area contributed by atoms with E-state index in [2.05, 4.69) is 4.99 Å². The zero-order valence-corrected chi connectivity index (χ0v) is 20.7. The molecule has 0 atom stereocenters. The van der Waals surface area contributed by atoms with Crippen LogP contribution in [0.25, 0.3) is 10.2 Å². The maximum atomic E-state index is 12.9. The van der Waals surface area contributed by atoms with Gasteiger partial charge in [0, 0.05) is 18.7 Å². The number of methoxy groups -OCH3 is 1. The van der Waals surface area contributed by atoms with Crippen molar-refractivity contribution in [1.82, 2.24) is 8.87 Å². The van der Waals surface area contributed by atoms with Crippen LogP contribution < -0.4 is 4.80 Å². The second-order valence-corrected chi connectivity index (χ2v) is 10.9. The lowest BCUT2D eigenvalue weighted by Crippen LogP contribution is -2.40. The minimum absolute atomic E-state index is 0.0815. The largest absolute Gasteiger partial charge is 0.468 e. The zero-order valence-electron chi connectivity index (χ0n) is 19.1. The van der Waals surface area contributed by atoms with E-state index in [4.69, 9.17) is 9.47 Å². The summed E-state index contributed by atoms with van der Waals surface area (Å²) in [7, 11) is -2.35. The third kappa shape index (κ3) is 4.83. The molecule has 34 heavy (non-hydrogen) atoms. The number of fused-ring (bicyclic) bond motifs is 1. The Morgan fingerprint density at radius 2 is 1.74 bits per heavy atom. The Labute approximate surface area is 201 Å². The molecule has 0 N–H and O–H groups in total. The van der Waals surface area contributed by atoms with E-state index in [1.54, 1.807) is 4.57 Å². The van der Waals surface area contributed by atoms with Crippen molar-refractivity contribution in [2.24, 2.45) is 4.99 Å². The maximum absolute atomic E-state index is 12.9. The number of carbonyl (C=O) groups excluding carboxylic acids is 2. The SMILES string of the molecule is COC(=O)Cn1c(=NC(=O)c2ccc(S(=O)(=O)N3CCOCC3)cc2)sc2cc(C)c(C)cc21. The molecule has 4 rings (SSSR count). The molecule has 0 bridgehead atoms. The monoisotopic (exact) mass is 503 g/mol. The number of benzene rings is 2. The van der Waals surface area contributed by atoms with Gasteiger partial charge >= 0.3 is 5.97 Å². The Bertz CT molecular complexity index is 1420. The van der Waals surface area contributed by atoms with Crippen molar-refractivity contribution >= 4 is 43.5 Å². The van der Waals surface area contributed by atoms with Gasteiger partial charge in [-0.3, -0.25) is 9.59 Å². The Balaban J connectivity index is 1.69. The van der Waals surface area contributed by atoms with Gasteiger partial charge in [0.1, 0.15) is 6.54 Å². The number of ether oxygens (including phenoxy) is 2. The lowest BCUT2D eigenvalue weighted by Gasteiger charge is -2.26. The second-order valence-electron chi connectivity index (χ2n) is 7.91. The van der Waals surface area contributed by atoms with E-state index < -0.39 is 21.9 Å². The number of aryl methyl sites for hydroxylation is 2. The van der Waals surface area contributed by atoms with Crippen molar-refractivity contribution in [2.45, 2.75) is 25.3 Å². The van der Waals surface area contributed by atoms with Gasteiger partial charge in [0.2, 0.25) is 10.0 Å². The lowest BCUT2D eigenvalue weighted by atomic mass is 10.1. The summed E-state index contributed by atoms with van der Waals surface area (Å²) in [4.78, 5) is 29.7. The van der Waals surface area contributed by atoms with Gasteiger partial charge in [-0.15, -0.1) is 0 Å². The molecule has 1 saturated heterocycles. The van der Waals surface area contributed by atoms with Gasteiger partial charge in [0.15, 0.2) is 4.80 Å². The molecule has 3 aromatic rings. The molecule has 180 valence electrons. The number of hydrogen-bond acceptors (Lipinski definition) is 7. The summed E-state index contributed by atoms with van der Waals surface area (Å²) < 4.78 is 39.6. The van der Waals surface area contributed by atoms with Crippen LogP contribution in [0.15, 0.2) is 46.3 Å². The van der Waals surface area contributed by atoms with Gasteiger partial charge in [-0.05, 0) is 61.4 Å². The highest BCUT2D eigenvalue weighted by Gasteiger charge is 2.26. The number of morpholine rings is 1. The quantitative estimate of drug-likeness (QED) is 0.495. The number of hydrogen-bond donors (Lipinski definition) is 0. The van der Waals surface area contributed by atoms with Crippen molar-refractivity contribution in [3.05, 3.63) is 57.9 Å². The van der Waals surface area contributed by atoms with Gasteiger partial charge in [0.25, 0.3) is 5.91 Å². The molecule has 2 aromatic carbocycles. The Hall–Kier alpha value is -2.86. The summed E-state index contributed by atoms with van der Waals surface area (Å²) >= 11 is 1.30. The highest BCUT2D eigenvalue weighted by molar-refractivity contribution is 7.89. The fourth-order valence-electron chi connectivity index (χ4n) is 3.61. The first-order valence-corrected chi connectivity index (χ1v) is 12.9. The highest BCUT2D eigenvalue weighted by atomic mass is 32.2. The molecule has 1 aromatic heterocycles. The van der Waals surface area contributed by atoms with Crippen molar-refractivity contribution in [2.75, 3.05) is 33.4 Å². The number of rotatable bonds is 5. The third-order valence-corrected chi connectivity index (χ3v) is 8.67. The van der Waals surface area contributed by atoms with E-state index in [0.29, 0.717) is 31.1 Å². The number of aromatic nitrogens is 1. The Morgan fingerprint density at radius 3 is 2.38 bits per heavy atom.